The Bertz CT molecular complexity index is 1040. The average Bonchev–Trinajstić information content (AvgIpc) is 2.86. The maximum atomic E-state index is 12.6. The highest BCUT2D eigenvalue weighted by Crippen LogP contribution is 2.17. The van der Waals surface area contributed by atoms with Gasteiger partial charge < -0.3 is 10.2 Å². The number of allylic oxidation sites excluding steroid dienone is 7. The number of nitrogens with one attached hydrogen (secondary N) is 1. The lowest BCUT2D eigenvalue weighted by atomic mass is 10.1. The molecule has 0 spiro atoms. The third-order valence-electron chi connectivity index (χ3n) is 5.45. The van der Waals surface area contributed by atoms with E-state index in [9.17, 15) is 4.79 Å². The molecule has 34 heavy (non-hydrogen) atoms. The van der Waals surface area contributed by atoms with Crippen LogP contribution in [0.5, 0.6) is 0 Å². The van der Waals surface area contributed by atoms with Crippen molar-refractivity contribution in [2.75, 3.05) is 31.1 Å². The van der Waals surface area contributed by atoms with E-state index in [1.54, 1.807) is 10.5 Å². The second kappa shape index (κ2) is 15.8. The van der Waals surface area contributed by atoms with Gasteiger partial charge in [-0.05, 0) is 44.4 Å². The number of hydrogen-bond donors (Lipinski definition) is 1. The van der Waals surface area contributed by atoms with Crippen LogP contribution in [0.25, 0.3) is 11.2 Å². The van der Waals surface area contributed by atoms with Crippen molar-refractivity contribution in [2.45, 2.75) is 54.9 Å². The molecular weight excluding hydrogens is 420 g/mol. The molecule has 5 heteroatoms. The van der Waals surface area contributed by atoms with E-state index in [-0.39, 0.29) is 5.56 Å². The van der Waals surface area contributed by atoms with Gasteiger partial charge in [0.05, 0.1) is 11.4 Å². The summed E-state index contributed by atoms with van der Waals surface area (Å²) >= 11 is 0. The maximum absolute atomic E-state index is 12.6. The fourth-order valence-electron chi connectivity index (χ4n) is 3.38. The molecule has 0 aliphatic carbocycles. The number of fused-ring (bicyclic) bond motifs is 1. The fraction of sp³-hybridized carbons (Fsp3) is 0.448. The van der Waals surface area contributed by atoms with Gasteiger partial charge in [0.1, 0.15) is 5.65 Å². The molecule has 0 aromatic carbocycles. The van der Waals surface area contributed by atoms with Crippen molar-refractivity contribution >= 4 is 16.9 Å². The fourth-order valence-corrected chi connectivity index (χ4v) is 3.38. The van der Waals surface area contributed by atoms with Crippen LogP contribution in [-0.2, 0) is 0 Å². The van der Waals surface area contributed by atoms with Crippen molar-refractivity contribution in [3.05, 3.63) is 83.0 Å². The number of pyridine rings is 1. The van der Waals surface area contributed by atoms with E-state index < -0.39 is 0 Å². The zero-order valence-electron chi connectivity index (χ0n) is 22.3. The second-order valence-electron chi connectivity index (χ2n) is 8.17. The zero-order valence-corrected chi connectivity index (χ0v) is 22.3. The molecular formula is C29H44N4O. The molecule has 1 aliphatic rings. The first-order valence-corrected chi connectivity index (χ1v) is 12.5. The van der Waals surface area contributed by atoms with E-state index in [2.05, 4.69) is 54.7 Å². The van der Waals surface area contributed by atoms with E-state index in [0.717, 1.165) is 48.9 Å². The van der Waals surface area contributed by atoms with Crippen molar-refractivity contribution in [3.8, 4) is 0 Å². The monoisotopic (exact) mass is 464 g/mol. The summed E-state index contributed by atoms with van der Waals surface area (Å²) in [5.74, 6) is 0.769. The van der Waals surface area contributed by atoms with Crippen LogP contribution in [-0.4, -0.2) is 35.6 Å². The van der Waals surface area contributed by atoms with E-state index in [4.69, 9.17) is 0 Å². The Balaban J connectivity index is 0.000000553. The third kappa shape index (κ3) is 9.14. The number of aromatic nitrogens is 2. The summed E-state index contributed by atoms with van der Waals surface area (Å²) in [6.07, 6.45) is 13.3. The minimum atomic E-state index is -0.0694. The van der Waals surface area contributed by atoms with Crippen LogP contribution < -0.4 is 15.8 Å². The first kappa shape index (κ1) is 29.1. The molecule has 1 unspecified atom stereocenters. The molecule has 1 aliphatic heterocycles. The largest absolute Gasteiger partial charge is 0.368 e. The van der Waals surface area contributed by atoms with Gasteiger partial charge in [-0.15, -0.1) is 0 Å². The quantitative estimate of drug-likeness (QED) is 0.404. The molecule has 1 N–H and O–H groups in total. The summed E-state index contributed by atoms with van der Waals surface area (Å²) in [7, 11) is 0. The van der Waals surface area contributed by atoms with Crippen LogP contribution in [0.1, 0.15) is 60.6 Å². The molecule has 5 nitrogen and oxygen atoms in total. The topological polar surface area (TPSA) is 49.6 Å². The molecule has 186 valence electrons. The standard InChI is InChI=1S/C20H24N4O.C7H14.C2H6/c1-4-16(6-5-15(2)3)18-13-20(25)24-14-17(7-8-19(24)22-18)23-11-9-21-10-12-23;1-4-6-7(3)5-2;1-2/h4-8,13-14,21H,2,9-12H2,1,3H3;4,6-7H,5H2,1-3H3;1-2H3/b6-5-,16-4+;6-4-;. The Kier molecular flexibility index (Phi) is 13.6. The Morgan fingerprint density at radius 1 is 1.21 bits per heavy atom. The van der Waals surface area contributed by atoms with Crippen molar-refractivity contribution in [2.24, 2.45) is 5.92 Å². The van der Waals surface area contributed by atoms with Gasteiger partial charge in [-0.25, -0.2) is 4.98 Å². The van der Waals surface area contributed by atoms with Gasteiger partial charge in [-0.3, -0.25) is 9.20 Å². The van der Waals surface area contributed by atoms with Crippen LogP contribution in [0.3, 0.4) is 0 Å². The van der Waals surface area contributed by atoms with E-state index in [1.165, 1.54) is 6.42 Å². The molecule has 0 bridgehead atoms. The van der Waals surface area contributed by atoms with Crippen LogP contribution in [0.15, 0.2) is 71.7 Å². The van der Waals surface area contributed by atoms with Gasteiger partial charge >= 0.3 is 0 Å². The van der Waals surface area contributed by atoms with Gasteiger partial charge in [0.15, 0.2) is 0 Å². The zero-order chi connectivity index (χ0) is 25.5. The summed E-state index contributed by atoms with van der Waals surface area (Å²) in [6.45, 7) is 22.0. The van der Waals surface area contributed by atoms with Gasteiger partial charge in [-0.1, -0.05) is 76.6 Å². The number of anilines is 1. The minimum Gasteiger partial charge on any atom is -0.368 e. The number of hydrogen-bond acceptors (Lipinski definition) is 4. The molecule has 3 heterocycles. The average molecular weight is 465 g/mol. The molecule has 1 atom stereocenters. The highest BCUT2D eigenvalue weighted by atomic mass is 16.1. The lowest BCUT2D eigenvalue weighted by Crippen LogP contribution is -2.43. The first-order valence-electron chi connectivity index (χ1n) is 12.5. The second-order valence-corrected chi connectivity index (χ2v) is 8.17. The highest BCUT2D eigenvalue weighted by Gasteiger charge is 2.12. The van der Waals surface area contributed by atoms with Crippen molar-refractivity contribution < 1.29 is 0 Å². The Morgan fingerprint density at radius 3 is 2.41 bits per heavy atom. The lowest BCUT2D eigenvalue weighted by Gasteiger charge is -2.29. The van der Waals surface area contributed by atoms with Crippen molar-refractivity contribution in [3.63, 3.8) is 0 Å². The summed E-state index contributed by atoms with van der Waals surface area (Å²) in [4.78, 5) is 19.6. The molecule has 0 radical (unpaired) electrons. The lowest BCUT2D eigenvalue weighted by molar-refractivity contribution is 0.588. The van der Waals surface area contributed by atoms with E-state index >= 15 is 0 Å². The summed E-state index contributed by atoms with van der Waals surface area (Å²) in [6, 6.07) is 5.54. The number of piperazine rings is 1. The van der Waals surface area contributed by atoms with Crippen molar-refractivity contribution in [1.82, 2.24) is 14.7 Å². The van der Waals surface area contributed by atoms with Crippen molar-refractivity contribution in [1.29, 1.82) is 0 Å². The summed E-state index contributed by atoms with van der Waals surface area (Å²) in [5, 5.41) is 3.34. The van der Waals surface area contributed by atoms with Crippen LogP contribution in [0, 0.1) is 5.92 Å². The molecule has 1 saturated heterocycles. The van der Waals surface area contributed by atoms with Crippen LogP contribution in [0.4, 0.5) is 5.69 Å². The molecule has 2 aromatic heterocycles. The number of rotatable bonds is 6. The SMILES string of the molecule is C/C=C\C(C)CC.C=C(C)/C=C\C(=C/C)c1cc(=O)n2cc(N3CCNCC3)ccc2n1.CC. The Hall–Kier alpha value is -2.92. The van der Waals surface area contributed by atoms with E-state index in [0.29, 0.717) is 11.3 Å². The van der Waals surface area contributed by atoms with Gasteiger partial charge in [-0.2, -0.15) is 0 Å². The predicted octanol–water partition coefficient (Wildman–Crippen LogP) is 6.27. The predicted molar refractivity (Wildman–Crippen MR) is 150 cm³/mol. The molecule has 0 amide bonds. The van der Waals surface area contributed by atoms with Gasteiger partial charge in [0, 0.05) is 38.4 Å². The van der Waals surface area contributed by atoms with Crippen LogP contribution >= 0.6 is 0 Å². The molecule has 3 rings (SSSR count). The van der Waals surface area contributed by atoms with Crippen LogP contribution in [0.2, 0.25) is 0 Å². The van der Waals surface area contributed by atoms with Gasteiger partial charge in [0.25, 0.3) is 5.56 Å². The summed E-state index contributed by atoms with van der Waals surface area (Å²) < 4.78 is 1.62. The summed E-state index contributed by atoms with van der Waals surface area (Å²) in [5.41, 5.74) is 4.19. The Labute approximate surface area is 206 Å². The first-order chi connectivity index (χ1) is 16.4. The maximum Gasteiger partial charge on any atom is 0.258 e. The van der Waals surface area contributed by atoms with Gasteiger partial charge in [0.2, 0.25) is 0 Å². The smallest absolute Gasteiger partial charge is 0.258 e. The molecule has 0 saturated carbocycles. The highest BCUT2D eigenvalue weighted by molar-refractivity contribution is 5.73. The minimum absolute atomic E-state index is 0.0694. The third-order valence-corrected chi connectivity index (χ3v) is 5.45. The number of nitrogens with zero attached hydrogens (tertiary/aromatic N) is 3. The Morgan fingerprint density at radius 2 is 1.88 bits per heavy atom. The molecule has 1 fully saturated rings. The molecule has 2 aromatic rings. The normalized spacial score (nSPS) is 15.0. The van der Waals surface area contributed by atoms with E-state index in [1.807, 2.05) is 64.3 Å².